The molecule has 98 valence electrons. The van der Waals surface area contributed by atoms with Crippen LogP contribution < -0.4 is 16.4 Å². The largest absolute Gasteiger partial charge is 0.366 e. The molecule has 18 heavy (non-hydrogen) atoms. The fourth-order valence-corrected chi connectivity index (χ4v) is 3.00. The van der Waals surface area contributed by atoms with Crippen LogP contribution in [0, 0.1) is 11.8 Å². The summed E-state index contributed by atoms with van der Waals surface area (Å²) in [5.41, 5.74) is 5.63. The molecule has 0 radical (unpaired) electrons. The summed E-state index contributed by atoms with van der Waals surface area (Å²) in [5, 5.41) is 8.38. The van der Waals surface area contributed by atoms with Gasteiger partial charge in [0, 0.05) is 5.92 Å². The molecule has 1 aliphatic heterocycles. The van der Waals surface area contributed by atoms with Crippen molar-refractivity contribution >= 4 is 28.2 Å². The minimum atomic E-state index is -0.509. The highest BCUT2D eigenvalue weighted by Crippen LogP contribution is 2.26. The van der Waals surface area contributed by atoms with Crippen molar-refractivity contribution in [3.63, 3.8) is 0 Å². The molecule has 0 aromatic carbocycles. The normalized spacial score (nSPS) is 23.6. The zero-order valence-electron chi connectivity index (χ0n) is 10.2. The maximum atomic E-state index is 12.2. The first-order chi connectivity index (χ1) is 8.59. The summed E-state index contributed by atoms with van der Waals surface area (Å²) in [7, 11) is 0. The summed E-state index contributed by atoms with van der Waals surface area (Å²) in [6.45, 7) is 3.76. The molecule has 1 saturated heterocycles. The minimum absolute atomic E-state index is 0.00548. The van der Waals surface area contributed by atoms with Gasteiger partial charge in [-0.15, -0.1) is 11.3 Å². The molecule has 2 amide bonds. The first-order valence-corrected chi connectivity index (χ1v) is 6.86. The van der Waals surface area contributed by atoms with E-state index in [1.54, 1.807) is 11.4 Å². The molecule has 2 atom stereocenters. The summed E-state index contributed by atoms with van der Waals surface area (Å²) in [5.74, 6) is -0.233. The van der Waals surface area contributed by atoms with E-state index in [1.807, 2.05) is 0 Å². The Morgan fingerprint density at radius 1 is 1.56 bits per heavy atom. The molecule has 2 rings (SSSR count). The Labute approximate surface area is 110 Å². The molecular weight excluding hydrogens is 250 g/mol. The molecule has 0 aliphatic carbocycles. The first-order valence-electron chi connectivity index (χ1n) is 5.98. The quantitative estimate of drug-likeness (QED) is 0.764. The van der Waals surface area contributed by atoms with Gasteiger partial charge in [-0.2, -0.15) is 0 Å². The maximum Gasteiger partial charge on any atom is 0.251 e. The Morgan fingerprint density at radius 2 is 2.33 bits per heavy atom. The van der Waals surface area contributed by atoms with E-state index < -0.39 is 5.91 Å². The van der Waals surface area contributed by atoms with Crippen molar-refractivity contribution < 1.29 is 9.59 Å². The molecule has 6 heteroatoms. The lowest BCUT2D eigenvalue weighted by Gasteiger charge is -2.28. The molecule has 2 heterocycles. The Bertz CT molecular complexity index is 458. The van der Waals surface area contributed by atoms with Crippen LogP contribution in [-0.4, -0.2) is 24.9 Å². The van der Waals surface area contributed by atoms with E-state index in [1.165, 1.54) is 11.3 Å². The molecule has 1 aromatic rings. The molecule has 5 nitrogen and oxygen atoms in total. The number of thiophene rings is 1. The summed E-state index contributed by atoms with van der Waals surface area (Å²) in [6.07, 6.45) is 0.824. The predicted molar refractivity (Wildman–Crippen MR) is 71.6 cm³/mol. The molecule has 2 unspecified atom stereocenters. The number of carbonyl (C=O) groups excluding carboxylic acids is 2. The van der Waals surface area contributed by atoms with E-state index in [-0.39, 0.29) is 11.8 Å². The summed E-state index contributed by atoms with van der Waals surface area (Å²) < 4.78 is 0. The second-order valence-electron chi connectivity index (χ2n) is 4.59. The molecule has 0 spiro atoms. The van der Waals surface area contributed by atoms with Crippen LogP contribution in [0.15, 0.2) is 11.4 Å². The molecule has 1 aromatic heterocycles. The van der Waals surface area contributed by atoms with Crippen LogP contribution >= 0.6 is 11.3 Å². The topological polar surface area (TPSA) is 84.2 Å². The number of rotatable bonds is 3. The standard InChI is InChI=1S/C12H17N3O2S/c1-7-6-14-4-2-8(7)11(17)15-12-9(10(13)16)3-5-18-12/h3,5,7-8,14H,2,4,6H2,1H3,(H2,13,16)(H,15,17). The number of piperidine rings is 1. The number of primary amides is 1. The van der Waals surface area contributed by atoms with Crippen LogP contribution in [-0.2, 0) is 4.79 Å². The predicted octanol–water partition coefficient (Wildman–Crippen LogP) is 1.03. The fourth-order valence-electron chi connectivity index (χ4n) is 2.21. The molecule has 0 bridgehead atoms. The van der Waals surface area contributed by atoms with Crippen molar-refractivity contribution in [2.75, 3.05) is 18.4 Å². The molecule has 1 fully saturated rings. The van der Waals surface area contributed by atoms with Crippen LogP contribution in [0.25, 0.3) is 0 Å². The Hall–Kier alpha value is -1.40. The highest BCUT2D eigenvalue weighted by Gasteiger charge is 2.28. The number of nitrogens with two attached hydrogens (primary N) is 1. The van der Waals surface area contributed by atoms with Crippen molar-refractivity contribution in [2.24, 2.45) is 17.6 Å². The van der Waals surface area contributed by atoms with Crippen LogP contribution in [0.2, 0.25) is 0 Å². The summed E-state index contributed by atoms with van der Waals surface area (Å²) >= 11 is 1.32. The van der Waals surface area contributed by atoms with Crippen molar-refractivity contribution in [2.45, 2.75) is 13.3 Å². The van der Waals surface area contributed by atoms with Gasteiger partial charge in [-0.3, -0.25) is 9.59 Å². The minimum Gasteiger partial charge on any atom is -0.366 e. The smallest absolute Gasteiger partial charge is 0.251 e. The lowest BCUT2D eigenvalue weighted by molar-refractivity contribution is -0.121. The number of amides is 2. The van der Waals surface area contributed by atoms with E-state index in [0.29, 0.717) is 16.5 Å². The molecular formula is C12H17N3O2S. The maximum absolute atomic E-state index is 12.2. The third kappa shape index (κ3) is 2.70. The number of carbonyl (C=O) groups is 2. The number of nitrogens with one attached hydrogen (secondary N) is 2. The van der Waals surface area contributed by atoms with Gasteiger partial charge in [-0.25, -0.2) is 0 Å². The van der Waals surface area contributed by atoms with Crippen molar-refractivity contribution in [3.05, 3.63) is 17.0 Å². The zero-order chi connectivity index (χ0) is 13.1. The summed E-state index contributed by atoms with van der Waals surface area (Å²) in [4.78, 5) is 23.3. The van der Waals surface area contributed by atoms with E-state index >= 15 is 0 Å². The van der Waals surface area contributed by atoms with Gasteiger partial charge < -0.3 is 16.4 Å². The number of hydrogen-bond acceptors (Lipinski definition) is 4. The van der Waals surface area contributed by atoms with E-state index in [9.17, 15) is 9.59 Å². The average molecular weight is 267 g/mol. The van der Waals surface area contributed by atoms with E-state index in [4.69, 9.17) is 5.73 Å². The SMILES string of the molecule is CC1CNCCC1C(=O)Nc1sccc1C(N)=O. The fraction of sp³-hybridized carbons (Fsp3) is 0.500. The van der Waals surface area contributed by atoms with Crippen molar-refractivity contribution in [1.29, 1.82) is 0 Å². The highest BCUT2D eigenvalue weighted by atomic mass is 32.1. The second-order valence-corrected chi connectivity index (χ2v) is 5.51. The first kappa shape index (κ1) is 13.0. The van der Waals surface area contributed by atoms with Gasteiger partial charge in [-0.1, -0.05) is 6.92 Å². The van der Waals surface area contributed by atoms with Crippen LogP contribution in [0.5, 0.6) is 0 Å². The molecule has 0 saturated carbocycles. The van der Waals surface area contributed by atoms with Crippen molar-refractivity contribution in [1.82, 2.24) is 5.32 Å². The second kappa shape index (κ2) is 5.49. The number of hydrogen-bond donors (Lipinski definition) is 3. The third-order valence-electron chi connectivity index (χ3n) is 3.29. The highest BCUT2D eigenvalue weighted by molar-refractivity contribution is 7.14. The number of anilines is 1. The van der Waals surface area contributed by atoms with Gasteiger partial charge >= 0.3 is 0 Å². The van der Waals surface area contributed by atoms with Crippen LogP contribution in [0.3, 0.4) is 0 Å². The van der Waals surface area contributed by atoms with Gasteiger partial charge in [0.25, 0.3) is 5.91 Å². The van der Waals surface area contributed by atoms with Crippen LogP contribution in [0.4, 0.5) is 5.00 Å². The summed E-state index contributed by atoms with van der Waals surface area (Å²) in [6, 6.07) is 1.63. The van der Waals surface area contributed by atoms with E-state index in [0.717, 1.165) is 19.5 Å². The van der Waals surface area contributed by atoms with Crippen LogP contribution in [0.1, 0.15) is 23.7 Å². The van der Waals surface area contributed by atoms with Gasteiger partial charge in [-0.05, 0) is 36.9 Å². The lowest BCUT2D eigenvalue weighted by atomic mass is 9.87. The third-order valence-corrected chi connectivity index (χ3v) is 4.12. The Kier molecular flexibility index (Phi) is 3.98. The lowest BCUT2D eigenvalue weighted by Crippen LogP contribution is -2.41. The van der Waals surface area contributed by atoms with Gasteiger partial charge in [0.1, 0.15) is 5.00 Å². The van der Waals surface area contributed by atoms with Gasteiger partial charge in [0.2, 0.25) is 5.91 Å². The molecule has 1 aliphatic rings. The van der Waals surface area contributed by atoms with Gasteiger partial charge in [0.15, 0.2) is 0 Å². The average Bonchev–Trinajstić information content (AvgIpc) is 2.77. The zero-order valence-corrected chi connectivity index (χ0v) is 11.0. The Morgan fingerprint density at radius 3 is 3.00 bits per heavy atom. The van der Waals surface area contributed by atoms with Gasteiger partial charge in [0.05, 0.1) is 5.56 Å². The van der Waals surface area contributed by atoms with E-state index in [2.05, 4.69) is 17.6 Å². The molecule has 4 N–H and O–H groups in total. The van der Waals surface area contributed by atoms with Crippen molar-refractivity contribution in [3.8, 4) is 0 Å². The monoisotopic (exact) mass is 267 g/mol. The Balaban J connectivity index is 2.06.